The van der Waals surface area contributed by atoms with Crippen LogP contribution in [0.4, 0.5) is 5.13 Å². The van der Waals surface area contributed by atoms with E-state index in [1.165, 1.54) is 11.3 Å². The minimum absolute atomic E-state index is 0.00534. The number of fused-ring (bicyclic) bond motifs is 1. The minimum Gasteiger partial charge on any atom is -0.375 e. The molecule has 1 amide bonds. The van der Waals surface area contributed by atoms with E-state index in [0.29, 0.717) is 16.7 Å². The number of thioether (sulfide) groups is 1. The fraction of sp³-hybridized carbons (Fsp3) is 0.385. The van der Waals surface area contributed by atoms with Gasteiger partial charge in [0, 0.05) is 11.6 Å². The number of aromatic nitrogens is 1. The molecule has 2 aromatic rings. The van der Waals surface area contributed by atoms with Crippen LogP contribution in [-0.4, -0.2) is 28.4 Å². The van der Waals surface area contributed by atoms with Gasteiger partial charge in [0.05, 0.1) is 10.2 Å². The monoisotopic (exact) mass is 293 g/mol. The number of benzene rings is 1. The number of rotatable bonds is 2. The molecule has 1 aromatic heterocycles. The number of carbonyl (C=O) groups is 1. The Morgan fingerprint density at radius 2 is 2.16 bits per heavy atom. The Hall–Kier alpha value is -1.27. The van der Waals surface area contributed by atoms with E-state index in [0.717, 1.165) is 34.6 Å². The zero-order chi connectivity index (χ0) is 13.2. The molecule has 0 aliphatic carbocycles. The molecule has 6 heteroatoms. The van der Waals surface area contributed by atoms with Gasteiger partial charge in [-0.1, -0.05) is 11.3 Å². The molecule has 0 atom stereocenters. The van der Waals surface area contributed by atoms with Crippen LogP contribution in [0.3, 0.4) is 0 Å². The molecule has 1 aromatic carbocycles. The Labute approximate surface area is 119 Å². The summed E-state index contributed by atoms with van der Waals surface area (Å²) in [6.07, 6.45) is 2.12. The van der Waals surface area contributed by atoms with Crippen molar-refractivity contribution in [1.82, 2.24) is 10.3 Å². The molecule has 4 nitrogen and oxygen atoms in total. The number of hydrogen-bond donors (Lipinski definition) is 2. The first-order valence-corrected chi connectivity index (χ1v) is 8.24. The Kier molecular flexibility index (Phi) is 3.61. The number of nitrogens with one attached hydrogen (secondary N) is 1. The number of amides is 1. The van der Waals surface area contributed by atoms with Crippen molar-refractivity contribution >= 4 is 44.4 Å². The number of hydrogen-bond acceptors (Lipinski definition) is 5. The topological polar surface area (TPSA) is 68.0 Å². The Morgan fingerprint density at radius 1 is 1.37 bits per heavy atom. The second-order valence-corrected chi connectivity index (χ2v) is 6.88. The normalized spacial score (nSPS) is 16.6. The molecule has 0 unspecified atom stereocenters. The van der Waals surface area contributed by atoms with E-state index in [2.05, 4.69) is 10.3 Å². The maximum absolute atomic E-state index is 12.2. The van der Waals surface area contributed by atoms with Crippen LogP contribution in [-0.2, 0) is 0 Å². The molecule has 0 radical (unpaired) electrons. The first-order valence-electron chi connectivity index (χ1n) is 6.27. The molecule has 0 saturated carbocycles. The average molecular weight is 293 g/mol. The molecule has 1 fully saturated rings. The lowest BCUT2D eigenvalue weighted by molar-refractivity contribution is 0.0935. The minimum atomic E-state index is 0.00534. The van der Waals surface area contributed by atoms with Gasteiger partial charge in [0.2, 0.25) is 0 Å². The van der Waals surface area contributed by atoms with Gasteiger partial charge in [-0.3, -0.25) is 4.79 Å². The fourth-order valence-corrected chi connectivity index (χ4v) is 4.07. The van der Waals surface area contributed by atoms with Gasteiger partial charge in [0.1, 0.15) is 0 Å². The Bertz CT molecular complexity index is 605. The largest absolute Gasteiger partial charge is 0.375 e. The molecule has 2 heterocycles. The standard InChI is InChI=1S/C13H15N3OS2/c14-13-16-10-2-1-8(7-11(10)19-13)12(17)15-9-3-5-18-6-4-9/h1-2,7,9H,3-6H2,(H2,14,16)(H,15,17). The fourth-order valence-electron chi connectivity index (χ4n) is 2.19. The zero-order valence-corrected chi connectivity index (χ0v) is 12.0. The zero-order valence-electron chi connectivity index (χ0n) is 10.4. The van der Waals surface area contributed by atoms with Crippen molar-refractivity contribution in [3.8, 4) is 0 Å². The molecule has 0 spiro atoms. The number of thiazole rings is 1. The van der Waals surface area contributed by atoms with Crippen molar-refractivity contribution < 1.29 is 4.79 Å². The highest BCUT2D eigenvalue weighted by Gasteiger charge is 2.17. The summed E-state index contributed by atoms with van der Waals surface area (Å²) in [6, 6.07) is 5.86. The molecule has 1 aliphatic rings. The molecule has 1 aliphatic heterocycles. The molecule has 100 valence electrons. The highest BCUT2D eigenvalue weighted by atomic mass is 32.2. The predicted molar refractivity (Wildman–Crippen MR) is 81.8 cm³/mol. The molecule has 3 N–H and O–H groups in total. The van der Waals surface area contributed by atoms with Gasteiger partial charge in [0.25, 0.3) is 5.91 Å². The Balaban J connectivity index is 1.76. The number of nitrogens with zero attached hydrogens (tertiary/aromatic N) is 1. The summed E-state index contributed by atoms with van der Waals surface area (Å²) < 4.78 is 0.962. The maximum atomic E-state index is 12.2. The van der Waals surface area contributed by atoms with Crippen molar-refractivity contribution in [2.45, 2.75) is 18.9 Å². The van der Waals surface area contributed by atoms with E-state index in [1.807, 2.05) is 30.0 Å². The summed E-state index contributed by atoms with van der Waals surface area (Å²) in [7, 11) is 0. The highest BCUT2D eigenvalue weighted by molar-refractivity contribution is 7.99. The van der Waals surface area contributed by atoms with Crippen molar-refractivity contribution in [2.75, 3.05) is 17.2 Å². The van der Waals surface area contributed by atoms with E-state index in [9.17, 15) is 4.79 Å². The average Bonchev–Trinajstić information content (AvgIpc) is 2.78. The maximum Gasteiger partial charge on any atom is 0.251 e. The third-order valence-electron chi connectivity index (χ3n) is 3.22. The number of anilines is 1. The first-order chi connectivity index (χ1) is 9.22. The third-order valence-corrected chi connectivity index (χ3v) is 5.12. The van der Waals surface area contributed by atoms with E-state index in [-0.39, 0.29) is 5.91 Å². The first kappa shape index (κ1) is 12.7. The second-order valence-electron chi connectivity index (χ2n) is 4.59. The molecule has 0 bridgehead atoms. The third kappa shape index (κ3) is 2.84. The lowest BCUT2D eigenvalue weighted by Gasteiger charge is -2.22. The van der Waals surface area contributed by atoms with Gasteiger partial charge < -0.3 is 11.1 Å². The quantitative estimate of drug-likeness (QED) is 0.892. The van der Waals surface area contributed by atoms with Crippen LogP contribution >= 0.6 is 23.1 Å². The van der Waals surface area contributed by atoms with Crippen LogP contribution in [0.2, 0.25) is 0 Å². The van der Waals surface area contributed by atoms with Crippen LogP contribution in [0.25, 0.3) is 10.2 Å². The van der Waals surface area contributed by atoms with E-state index in [1.54, 1.807) is 0 Å². The van der Waals surface area contributed by atoms with Crippen LogP contribution in [0.5, 0.6) is 0 Å². The van der Waals surface area contributed by atoms with Crippen molar-refractivity contribution in [1.29, 1.82) is 0 Å². The SMILES string of the molecule is Nc1nc2ccc(C(=O)NC3CCSCC3)cc2s1. The molecule has 1 saturated heterocycles. The second kappa shape index (κ2) is 5.38. The van der Waals surface area contributed by atoms with Gasteiger partial charge in [-0.15, -0.1) is 0 Å². The smallest absolute Gasteiger partial charge is 0.251 e. The van der Waals surface area contributed by atoms with Gasteiger partial charge in [-0.05, 0) is 42.5 Å². The van der Waals surface area contributed by atoms with Crippen LogP contribution < -0.4 is 11.1 Å². The number of nitrogen functional groups attached to an aromatic ring is 1. The summed E-state index contributed by atoms with van der Waals surface area (Å²) >= 11 is 3.37. The van der Waals surface area contributed by atoms with Gasteiger partial charge >= 0.3 is 0 Å². The summed E-state index contributed by atoms with van der Waals surface area (Å²) in [5.41, 5.74) is 7.21. The van der Waals surface area contributed by atoms with Gasteiger partial charge in [-0.2, -0.15) is 11.8 Å². The van der Waals surface area contributed by atoms with Crippen molar-refractivity contribution in [3.05, 3.63) is 23.8 Å². The predicted octanol–water partition coefficient (Wildman–Crippen LogP) is 2.50. The van der Waals surface area contributed by atoms with Gasteiger partial charge in [-0.25, -0.2) is 4.98 Å². The molecular formula is C13H15N3OS2. The summed E-state index contributed by atoms with van der Waals surface area (Å²) in [5.74, 6) is 2.27. The van der Waals surface area contributed by atoms with Crippen molar-refractivity contribution in [3.63, 3.8) is 0 Å². The molecule has 19 heavy (non-hydrogen) atoms. The van der Waals surface area contributed by atoms with Crippen LogP contribution in [0.1, 0.15) is 23.2 Å². The number of nitrogens with two attached hydrogens (primary N) is 1. The molecule has 3 rings (SSSR count). The van der Waals surface area contributed by atoms with Crippen LogP contribution in [0, 0.1) is 0 Å². The molecular weight excluding hydrogens is 278 g/mol. The Morgan fingerprint density at radius 3 is 2.95 bits per heavy atom. The van der Waals surface area contributed by atoms with Gasteiger partial charge in [0.15, 0.2) is 5.13 Å². The number of carbonyl (C=O) groups excluding carboxylic acids is 1. The lowest BCUT2D eigenvalue weighted by atomic mass is 10.1. The van der Waals surface area contributed by atoms with Crippen molar-refractivity contribution in [2.24, 2.45) is 0 Å². The highest BCUT2D eigenvalue weighted by Crippen LogP contribution is 2.25. The summed E-state index contributed by atoms with van der Waals surface area (Å²) in [6.45, 7) is 0. The van der Waals surface area contributed by atoms with E-state index >= 15 is 0 Å². The summed E-state index contributed by atoms with van der Waals surface area (Å²) in [4.78, 5) is 16.4. The van der Waals surface area contributed by atoms with E-state index < -0.39 is 0 Å². The van der Waals surface area contributed by atoms with Crippen LogP contribution in [0.15, 0.2) is 18.2 Å². The van der Waals surface area contributed by atoms with E-state index in [4.69, 9.17) is 5.73 Å². The lowest BCUT2D eigenvalue weighted by Crippen LogP contribution is -2.37. The summed E-state index contributed by atoms with van der Waals surface area (Å²) in [5, 5.41) is 3.65.